The Morgan fingerprint density at radius 1 is 1.32 bits per heavy atom. The minimum absolute atomic E-state index is 0.430. The Bertz CT molecular complexity index is 613. The molecule has 7 heteroatoms. The van der Waals surface area contributed by atoms with E-state index < -0.39 is 10.0 Å². The van der Waals surface area contributed by atoms with Crippen molar-refractivity contribution in [3.8, 4) is 6.07 Å². The number of anilines is 1. The van der Waals surface area contributed by atoms with Crippen LogP contribution < -0.4 is 4.90 Å². The van der Waals surface area contributed by atoms with Crippen LogP contribution >= 0.6 is 0 Å². The Balaban J connectivity index is 2.19. The van der Waals surface area contributed by atoms with E-state index >= 15 is 0 Å². The van der Waals surface area contributed by atoms with Gasteiger partial charge in [-0.2, -0.15) is 9.57 Å². The highest BCUT2D eigenvalue weighted by atomic mass is 32.2. The van der Waals surface area contributed by atoms with Gasteiger partial charge in [-0.05, 0) is 18.6 Å². The highest BCUT2D eigenvalue weighted by Gasteiger charge is 2.25. The van der Waals surface area contributed by atoms with Gasteiger partial charge in [0.1, 0.15) is 11.9 Å². The minimum atomic E-state index is -3.13. The molecular formula is C12H16N4O2S. The molecule has 0 unspecified atom stereocenters. The van der Waals surface area contributed by atoms with E-state index in [2.05, 4.69) is 11.1 Å². The number of sulfonamides is 1. The van der Waals surface area contributed by atoms with Crippen LogP contribution in [0.4, 0.5) is 5.82 Å². The zero-order chi connectivity index (χ0) is 14.0. The van der Waals surface area contributed by atoms with Gasteiger partial charge in [0.2, 0.25) is 10.0 Å². The predicted octanol–water partition coefficient (Wildman–Crippen LogP) is 0.343. The van der Waals surface area contributed by atoms with E-state index in [0.717, 1.165) is 5.56 Å². The molecule has 1 saturated heterocycles. The van der Waals surface area contributed by atoms with Crippen molar-refractivity contribution in [3.05, 3.63) is 23.4 Å². The highest BCUT2D eigenvalue weighted by molar-refractivity contribution is 7.88. The first kappa shape index (κ1) is 13.8. The number of hydrogen-bond acceptors (Lipinski definition) is 5. The normalized spacial score (nSPS) is 17.2. The number of nitrogens with zero attached hydrogens (tertiary/aromatic N) is 4. The molecule has 6 nitrogen and oxygen atoms in total. The van der Waals surface area contributed by atoms with Crippen molar-refractivity contribution >= 4 is 15.8 Å². The maximum atomic E-state index is 11.4. The number of pyridine rings is 1. The molecule has 0 aliphatic carbocycles. The quantitative estimate of drug-likeness (QED) is 0.781. The van der Waals surface area contributed by atoms with Gasteiger partial charge in [0.25, 0.3) is 0 Å². The monoisotopic (exact) mass is 280 g/mol. The molecule has 1 aliphatic rings. The molecule has 0 amide bonds. The summed E-state index contributed by atoms with van der Waals surface area (Å²) in [5.74, 6) is 0.649. The maximum Gasteiger partial charge on any atom is 0.211 e. The van der Waals surface area contributed by atoms with E-state index in [0.29, 0.717) is 37.6 Å². The lowest BCUT2D eigenvalue weighted by atomic mass is 10.1. The minimum Gasteiger partial charge on any atom is -0.353 e. The second kappa shape index (κ2) is 5.15. The molecule has 1 fully saturated rings. The molecule has 0 saturated carbocycles. The first-order chi connectivity index (χ1) is 8.93. The SMILES string of the molecule is Cc1ccnc(N2CCN(S(C)(=O)=O)CC2)c1C#N. The van der Waals surface area contributed by atoms with E-state index in [-0.39, 0.29) is 0 Å². The second-order valence-corrected chi connectivity index (χ2v) is 6.57. The summed E-state index contributed by atoms with van der Waals surface area (Å²) < 4.78 is 24.3. The fourth-order valence-electron chi connectivity index (χ4n) is 2.15. The number of aryl methyl sites for hydroxylation is 1. The number of rotatable bonds is 2. The Morgan fingerprint density at radius 3 is 2.47 bits per heavy atom. The van der Waals surface area contributed by atoms with Crippen molar-refractivity contribution < 1.29 is 8.42 Å². The van der Waals surface area contributed by atoms with Gasteiger partial charge >= 0.3 is 0 Å². The molecule has 2 rings (SSSR count). The molecular weight excluding hydrogens is 264 g/mol. The zero-order valence-electron chi connectivity index (χ0n) is 11.0. The maximum absolute atomic E-state index is 11.4. The van der Waals surface area contributed by atoms with Crippen LogP contribution in [-0.4, -0.2) is 50.1 Å². The van der Waals surface area contributed by atoms with Crippen LogP contribution in [0.2, 0.25) is 0 Å². The zero-order valence-corrected chi connectivity index (χ0v) is 11.8. The van der Waals surface area contributed by atoms with E-state index in [1.807, 2.05) is 11.8 Å². The molecule has 0 radical (unpaired) electrons. The van der Waals surface area contributed by atoms with Gasteiger partial charge in [-0.15, -0.1) is 0 Å². The molecule has 0 atom stereocenters. The Kier molecular flexibility index (Phi) is 3.73. The number of hydrogen-bond donors (Lipinski definition) is 0. The molecule has 0 bridgehead atoms. The van der Waals surface area contributed by atoms with Crippen molar-refractivity contribution in [2.24, 2.45) is 0 Å². The Hall–Kier alpha value is -1.65. The van der Waals surface area contributed by atoms with Crippen molar-refractivity contribution in [2.75, 3.05) is 37.3 Å². The highest BCUT2D eigenvalue weighted by Crippen LogP contribution is 2.21. The van der Waals surface area contributed by atoms with Crippen LogP contribution in [0.3, 0.4) is 0 Å². The van der Waals surface area contributed by atoms with Crippen LogP contribution in [-0.2, 0) is 10.0 Å². The smallest absolute Gasteiger partial charge is 0.211 e. The van der Waals surface area contributed by atoms with Crippen molar-refractivity contribution in [2.45, 2.75) is 6.92 Å². The first-order valence-electron chi connectivity index (χ1n) is 5.99. The van der Waals surface area contributed by atoms with Crippen molar-refractivity contribution in [3.63, 3.8) is 0 Å². The van der Waals surface area contributed by atoms with Gasteiger partial charge in [0.15, 0.2) is 0 Å². The Morgan fingerprint density at radius 2 is 1.95 bits per heavy atom. The summed E-state index contributed by atoms with van der Waals surface area (Å²) in [6.07, 6.45) is 2.89. The van der Waals surface area contributed by atoms with Crippen molar-refractivity contribution in [1.82, 2.24) is 9.29 Å². The third kappa shape index (κ3) is 2.85. The molecule has 0 N–H and O–H groups in total. The van der Waals surface area contributed by atoms with E-state index in [1.54, 1.807) is 12.3 Å². The fourth-order valence-corrected chi connectivity index (χ4v) is 2.98. The van der Waals surface area contributed by atoms with Gasteiger partial charge < -0.3 is 4.90 Å². The van der Waals surface area contributed by atoms with Crippen LogP contribution in [0.25, 0.3) is 0 Å². The fraction of sp³-hybridized carbons (Fsp3) is 0.500. The summed E-state index contributed by atoms with van der Waals surface area (Å²) in [5.41, 5.74) is 1.45. The third-order valence-electron chi connectivity index (χ3n) is 3.26. The summed E-state index contributed by atoms with van der Waals surface area (Å²) in [6.45, 7) is 3.84. The second-order valence-electron chi connectivity index (χ2n) is 4.59. The lowest BCUT2D eigenvalue weighted by Crippen LogP contribution is -2.48. The average molecular weight is 280 g/mol. The third-order valence-corrected chi connectivity index (χ3v) is 4.56. The van der Waals surface area contributed by atoms with Gasteiger partial charge in [-0.1, -0.05) is 0 Å². The number of piperazine rings is 1. The van der Waals surface area contributed by atoms with Crippen molar-refractivity contribution in [1.29, 1.82) is 5.26 Å². The lowest BCUT2D eigenvalue weighted by Gasteiger charge is -2.34. The standard InChI is InChI=1S/C12H16N4O2S/c1-10-3-4-14-12(11(10)9-13)15-5-7-16(8-6-15)19(2,17)18/h3-4H,5-8H2,1-2H3. The number of nitriles is 1. The lowest BCUT2D eigenvalue weighted by molar-refractivity contribution is 0.387. The average Bonchev–Trinajstić information content (AvgIpc) is 2.37. The molecule has 1 aromatic heterocycles. The molecule has 19 heavy (non-hydrogen) atoms. The molecule has 2 heterocycles. The van der Waals surface area contributed by atoms with Crippen LogP contribution in [0.15, 0.2) is 12.3 Å². The summed E-state index contributed by atoms with van der Waals surface area (Å²) >= 11 is 0. The molecule has 0 spiro atoms. The summed E-state index contributed by atoms with van der Waals surface area (Å²) in [6, 6.07) is 3.97. The largest absolute Gasteiger partial charge is 0.353 e. The molecule has 102 valence electrons. The molecule has 0 aromatic carbocycles. The molecule has 1 aromatic rings. The topological polar surface area (TPSA) is 77.3 Å². The summed E-state index contributed by atoms with van der Waals surface area (Å²) in [7, 11) is -3.13. The van der Waals surface area contributed by atoms with Crippen LogP contribution in [0.5, 0.6) is 0 Å². The first-order valence-corrected chi connectivity index (χ1v) is 7.84. The summed E-state index contributed by atoms with van der Waals surface area (Å²) in [5, 5.41) is 9.19. The van der Waals surface area contributed by atoms with E-state index in [1.165, 1.54) is 10.6 Å². The van der Waals surface area contributed by atoms with Gasteiger partial charge in [-0.3, -0.25) is 0 Å². The summed E-state index contributed by atoms with van der Waals surface area (Å²) in [4.78, 5) is 6.22. The van der Waals surface area contributed by atoms with Crippen LogP contribution in [0, 0.1) is 18.3 Å². The van der Waals surface area contributed by atoms with E-state index in [9.17, 15) is 13.7 Å². The predicted molar refractivity (Wildman–Crippen MR) is 72.3 cm³/mol. The van der Waals surface area contributed by atoms with Gasteiger partial charge in [0.05, 0.1) is 11.8 Å². The van der Waals surface area contributed by atoms with Crippen LogP contribution in [0.1, 0.15) is 11.1 Å². The Labute approximate surface area is 113 Å². The van der Waals surface area contributed by atoms with E-state index in [4.69, 9.17) is 0 Å². The molecule has 1 aliphatic heterocycles. The van der Waals surface area contributed by atoms with Gasteiger partial charge in [-0.25, -0.2) is 13.4 Å². The van der Waals surface area contributed by atoms with Gasteiger partial charge in [0, 0.05) is 32.4 Å². The number of aromatic nitrogens is 1.